The molecule has 1 aromatic carbocycles. The first-order valence-corrected chi connectivity index (χ1v) is 9.14. The number of anilines is 5. The molecule has 1 saturated carbocycles. The highest BCUT2D eigenvalue weighted by molar-refractivity contribution is 5.97. The Hall–Kier alpha value is -2.83. The molecule has 0 spiro atoms. The zero-order chi connectivity index (χ0) is 18.1. The van der Waals surface area contributed by atoms with Crippen molar-refractivity contribution in [1.29, 1.82) is 0 Å². The lowest BCUT2D eigenvalue weighted by Gasteiger charge is -2.30. The van der Waals surface area contributed by atoms with Gasteiger partial charge >= 0.3 is 0 Å². The van der Waals surface area contributed by atoms with Gasteiger partial charge in [0.1, 0.15) is 5.69 Å². The van der Waals surface area contributed by atoms with Crippen molar-refractivity contribution in [3.8, 4) is 0 Å². The van der Waals surface area contributed by atoms with Crippen LogP contribution in [0, 0.1) is 0 Å². The van der Waals surface area contributed by atoms with Crippen LogP contribution in [-0.2, 0) is 4.79 Å². The number of nitrogens with two attached hydrogens (primary N) is 1. The van der Waals surface area contributed by atoms with E-state index >= 15 is 0 Å². The van der Waals surface area contributed by atoms with E-state index < -0.39 is 0 Å². The van der Waals surface area contributed by atoms with E-state index in [-0.39, 0.29) is 5.91 Å². The summed E-state index contributed by atoms with van der Waals surface area (Å²) in [6.45, 7) is 0.708. The van der Waals surface area contributed by atoms with Crippen LogP contribution in [0.1, 0.15) is 32.1 Å². The van der Waals surface area contributed by atoms with Gasteiger partial charge in [0.25, 0.3) is 0 Å². The second kappa shape index (κ2) is 6.82. The van der Waals surface area contributed by atoms with Crippen LogP contribution in [0.3, 0.4) is 0 Å². The molecule has 2 aliphatic rings. The normalized spacial score (nSPS) is 18.0. The van der Waals surface area contributed by atoms with Gasteiger partial charge in [-0.15, -0.1) is 0 Å². The smallest absolute Gasteiger partial charge is 0.229 e. The summed E-state index contributed by atoms with van der Waals surface area (Å²) in [6.07, 6.45) is 7.03. The molecule has 7 heteroatoms. The van der Waals surface area contributed by atoms with Crippen LogP contribution >= 0.6 is 0 Å². The Kier molecular flexibility index (Phi) is 4.36. The maximum absolute atomic E-state index is 12.4. The Balaban J connectivity index is 1.69. The predicted molar refractivity (Wildman–Crippen MR) is 104 cm³/mol. The van der Waals surface area contributed by atoms with Gasteiger partial charge in [0, 0.05) is 37.4 Å². The van der Waals surface area contributed by atoms with Crippen molar-refractivity contribution in [2.24, 2.45) is 0 Å². The van der Waals surface area contributed by atoms with Gasteiger partial charge in [0.15, 0.2) is 5.82 Å². The summed E-state index contributed by atoms with van der Waals surface area (Å²) in [5.74, 6) is 1.48. The Morgan fingerprint density at radius 3 is 2.65 bits per heavy atom. The molecule has 1 fully saturated rings. The van der Waals surface area contributed by atoms with E-state index in [2.05, 4.69) is 15.2 Å². The topological polar surface area (TPSA) is 87.4 Å². The molecule has 1 aliphatic heterocycles. The van der Waals surface area contributed by atoms with Gasteiger partial charge in [-0.05, 0) is 37.1 Å². The Bertz CT molecular complexity index is 800. The van der Waals surface area contributed by atoms with E-state index in [4.69, 9.17) is 10.7 Å². The first-order valence-electron chi connectivity index (χ1n) is 9.14. The zero-order valence-corrected chi connectivity index (χ0v) is 15.0. The summed E-state index contributed by atoms with van der Waals surface area (Å²) in [4.78, 5) is 25.5. The molecular formula is C19H24N6O. The number of benzene rings is 1. The lowest BCUT2D eigenvalue weighted by atomic mass is 10.2. The van der Waals surface area contributed by atoms with Crippen molar-refractivity contribution in [3.05, 3.63) is 30.5 Å². The lowest BCUT2D eigenvalue weighted by Crippen LogP contribution is -2.34. The third kappa shape index (κ3) is 3.16. The summed E-state index contributed by atoms with van der Waals surface area (Å²) in [6, 6.07) is 7.92. The van der Waals surface area contributed by atoms with Crippen molar-refractivity contribution >= 4 is 34.7 Å². The Morgan fingerprint density at radius 2 is 1.92 bits per heavy atom. The predicted octanol–water partition coefficient (Wildman–Crippen LogP) is 2.92. The van der Waals surface area contributed by atoms with Gasteiger partial charge in [-0.1, -0.05) is 12.8 Å². The number of aromatic nitrogens is 2. The molecule has 7 nitrogen and oxygen atoms in total. The summed E-state index contributed by atoms with van der Waals surface area (Å²) < 4.78 is 0. The third-order valence-corrected chi connectivity index (χ3v) is 5.26. The summed E-state index contributed by atoms with van der Waals surface area (Å²) >= 11 is 0. The van der Waals surface area contributed by atoms with Gasteiger partial charge in [0.2, 0.25) is 11.9 Å². The van der Waals surface area contributed by atoms with Crippen molar-refractivity contribution in [3.63, 3.8) is 0 Å². The number of hydrogen-bond acceptors (Lipinski definition) is 6. The average molecular weight is 352 g/mol. The molecule has 1 amide bonds. The van der Waals surface area contributed by atoms with E-state index in [9.17, 15) is 4.79 Å². The quantitative estimate of drug-likeness (QED) is 0.826. The fourth-order valence-electron chi connectivity index (χ4n) is 3.77. The van der Waals surface area contributed by atoms with Crippen molar-refractivity contribution in [1.82, 2.24) is 9.97 Å². The molecule has 2 heterocycles. The van der Waals surface area contributed by atoms with Gasteiger partial charge in [0.05, 0.1) is 6.20 Å². The number of carbonyl (C=O) groups is 1. The van der Waals surface area contributed by atoms with E-state index in [1.54, 1.807) is 18.1 Å². The maximum atomic E-state index is 12.4. The first-order chi connectivity index (χ1) is 12.6. The van der Waals surface area contributed by atoms with E-state index in [1.807, 2.05) is 24.3 Å². The van der Waals surface area contributed by atoms with E-state index in [0.29, 0.717) is 30.6 Å². The molecule has 0 atom stereocenters. The highest BCUT2D eigenvalue weighted by Gasteiger charge is 2.31. The number of nitrogens with one attached hydrogen (secondary N) is 1. The van der Waals surface area contributed by atoms with Crippen molar-refractivity contribution < 1.29 is 4.79 Å². The monoisotopic (exact) mass is 352 g/mol. The van der Waals surface area contributed by atoms with Crippen LogP contribution in [0.25, 0.3) is 0 Å². The number of nitrogen functional groups attached to an aromatic ring is 1. The summed E-state index contributed by atoms with van der Waals surface area (Å²) in [5, 5.41) is 3.23. The van der Waals surface area contributed by atoms with E-state index in [1.165, 1.54) is 12.8 Å². The maximum Gasteiger partial charge on any atom is 0.229 e. The lowest BCUT2D eigenvalue weighted by molar-refractivity contribution is -0.118. The molecule has 0 bridgehead atoms. The van der Waals surface area contributed by atoms with Crippen molar-refractivity contribution in [2.75, 3.05) is 34.4 Å². The van der Waals surface area contributed by atoms with Gasteiger partial charge in [-0.3, -0.25) is 4.79 Å². The summed E-state index contributed by atoms with van der Waals surface area (Å²) in [7, 11) is 1.80. The number of nitrogens with zero attached hydrogens (tertiary/aromatic N) is 4. The molecule has 3 N–H and O–H groups in total. The summed E-state index contributed by atoms with van der Waals surface area (Å²) in [5.41, 5.74) is 8.11. The molecule has 2 aromatic rings. The molecule has 0 radical (unpaired) electrons. The number of amides is 1. The zero-order valence-electron chi connectivity index (χ0n) is 15.0. The molecule has 136 valence electrons. The standard InChI is InChI=1S/C19H24N6O/c1-24-16-12-21-19(22-14-8-6-13(20)7-9-14)23-18(16)25(11-10-17(24)26)15-4-2-3-5-15/h6-9,12,15H,2-5,10-11,20H2,1H3,(H,21,22,23). The van der Waals surface area contributed by atoms with Crippen molar-refractivity contribution in [2.45, 2.75) is 38.1 Å². The number of carbonyl (C=O) groups excluding carboxylic acids is 1. The van der Waals surface area contributed by atoms with Crippen LogP contribution in [0.2, 0.25) is 0 Å². The second-order valence-corrected chi connectivity index (χ2v) is 6.98. The van der Waals surface area contributed by atoms with Gasteiger partial charge < -0.3 is 20.9 Å². The van der Waals surface area contributed by atoms with Gasteiger partial charge in [-0.25, -0.2) is 4.98 Å². The van der Waals surface area contributed by atoms with Crippen LogP contribution < -0.4 is 20.9 Å². The minimum atomic E-state index is 0.106. The average Bonchev–Trinajstić information content (AvgIpc) is 3.14. The van der Waals surface area contributed by atoms with Crippen LogP contribution in [0.4, 0.5) is 28.8 Å². The molecule has 0 unspecified atom stereocenters. The molecule has 4 rings (SSSR count). The molecular weight excluding hydrogens is 328 g/mol. The second-order valence-electron chi connectivity index (χ2n) is 6.98. The fraction of sp³-hybridized carbons (Fsp3) is 0.421. The van der Waals surface area contributed by atoms with E-state index in [0.717, 1.165) is 30.0 Å². The molecule has 1 aliphatic carbocycles. The minimum Gasteiger partial charge on any atom is -0.399 e. The van der Waals surface area contributed by atoms with Crippen LogP contribution in [0.15, 0.2) is 30.5 Å². The fourth-order valence-corrected chi connectivity index (χ4v) is 3.77. The molecule has 0 saturated heterocycles. The first kappa shape index (κ1) is 16.6. The number of hydrogen-bond donors (Lipinski definition) is 2. The highest BCUT2D eigenvalue weighted by atomic mass is 16.2. The number of fused-ring (bicyclic) bond motifs is 1. The largest absolute Gasteiger partial charge is 0.399 e. The third-order valence-electron chi connectivity index (χ3n) is 5.26. The van der Waals surface area contributed by atoms with Crippen LogP contribution in [-0.4, -0.2) is 35.5 Å². The molecule has 26 heavy (non-hydrogen) atoms. The minimum absolute atomic E-state index is 0.106. The number of rotatable bonds is 3. The van der Waals surface area contributed by atoms with Gasteiger partial charge in [-0.2, -0.15) is 4.98 Å². The molecule has 1 aromatic heterocycles. The highest BCUT2D eigenvalue weighted by Crippen LogP contribution is 2.36. The Morgan fingerprint density at radius 1 is 1.19 bits per heavy atom. The van der Waals surface area contributed by atoms with Crippen LogP contribution in [0.5, 0.6) is 0 Å². The Labute approximate surface area is 153 Å². The SMILES string of the molecule is CN1C(=O)CCN(C2CCCC2)c2nc(Nc3ccc(N)cc3)ncc21.